The number of rotatable bonds is 5. The average molecular weight is 171 g/mol. The largest absolute Gasteiger partial charge is 0.306 e. The molecule has 0 rings (SSSR count). The molecule has 1 nitrogen and oxygen atoms in total. The van der Waals surface area contributed by atoms with Crippen molar-refractivity contribution in [1.29, 1.82) is 0 Å². The van der Waals surface area contributed by atoms with E-state index in [0.29, 0.717) is 5.41 Å². The predicted molar refractivity (Wildman–Crippen MR) is 56.5 cm³/mol. The zero-order valence-corrected chi connectivity index (χ0v) is 9.48. The molecule has 0 atom stereocenters. The second kappa shape index (κ2) is 5.58. The Labute approximate surface area is 78.1 Å². The minimum Gasteiger partial charge on any atom is -0.306 e. The molecule has 0 saturated heterocycles. The molecule has 74 valence electrons. The van der Waals surface area contributed by atoms with E-state index in [2.05, 4.69) is 39.6 Å². The van der Waals surface area contributed by atoms with Crippen LogP contribution in [0.25, 0.3) is 0 Å². The van der Waals surface area contributed by atoms with Gasteiger partial charge in [-0.15, -0.1) is 0 Å². The monoisotopic (exact) mass is 171 g/mol. The number of hydrogen-bond donors (Lipinski definition) is 0. The van der Waals surface area contributed by atoms with E-state index < -0.39 is 0 Å². The molecule has 0 aliphatic heterocycles. The summed E-state index contributed by atoms with van der Waals surface area (Å²) in [6.45, 7) is 11.7. The van der Waals surface area contributed by atoms with Crippen LogP contribution in [0.15, 0.2) is 0 Å². The summed E-state index contributed by atoms with van der Waals surface area (Å²) in [6.07, 6.45) is 3.94. The highest BCUT2D eigenvalue weighted by atomic mass is 15.1. The Morgan fingerprint density at radius 3 is 2.08 bits per heavy atom. The normalized spacial score (nSPS) is 12.5. The molecule has 0 radical (unpaired) electrons. The van der Waals surface area contributed by atoms with Crippen molar-refractivity contribution in [2.24, 2.45) is 5.41 Å². The Bertz CT molecular complexity index is 102. The van der Waals surface area contributed by atoms with Crippen LogP contribution >= 0.6 is 0 Å². The van der Waals surface area contributed by atoms with Gasteiger partial charge in [0.1, 0.15) is 0 Å². The van der Waals surface area contributed by atoms with E-state index in [9.17, 15) is 0 Å². The molecule has 0 amide bonds. The van der Waals surface area contributed by atoms with Crippen molar-refractivity contribution in [3.05, 3.63) is 0 Å². The van der Waals surface area contributed by atoms with Crippen LogP contribution in [0.1, 0.15) is 47.0 Å². The first-order valence-corrected chi connectivity index (χ1v) is 5.14. The van der Waals surface area contributed by atoms with Crippen molar-refractivity contribution in [2.45, 2.75) is 47.0 Å². The van der Waals surface area contributed by atoms with Crippen LogP contribution in [0.5, 0.6) is 0 Å². The first-order valence-electron chi connectivity index (χ1n) is 5.14. The summed E-state index contributed by atoms with van der Waals surface area (Å²) in [5.74, 6) is 0. The summed E-state index contributed by atoms with van der Waals surface area (Å²) in [5.41, 5.74) is 0.507. The summed E-state index contributed by atoms with van der Waals surface area (Å²) in [4.78, 5) is 2.42. The highest BCUT2D eigenvalue weighted by Crippen LogP contribution is 2.20. The Balaban J connectivity index is 3.31. The molecular weight excluding hydrogens is 146 g/mol. The first-order chi connectivity index (χ1) is 5.45. The molecule has 0 fully saturated rings. The van der Waals surface area contributed by atoms with E-state index in [1.54, 1.807) is 0 Å². The maximum atomic E-state index is 2.42. The Morgan fingerprint density at radius 1 is 1.08 bits per heavy atom. The van der Waals surface area contributed by atoms with Crippen LogP contribution in [0, 0.1) is 5.41 Å². The van der Waals surface area contributed by atoms with Gasteiger partial charge < -0.3 is 4.90 Å². The van der Waals surface area contributed by atoms with E-state index in [1.165, 1.54) is 32.4 Å². The van der Waals surface area contributed by atoms with Crippen LogP contribution in [-0.4, -0.2) is 25.0 Å². The van der Waals surface area contributed by atoms with E-state index in [1.807, 2.05) is 0 Å². The van der Waals surface area contributed by atoms with Gasteiger partial charge in [-0.25, -0.2) is 0 Å². The minimum absolute atomic E-state index is 0.507. The van der Waals surface area contributed by atoms with Gasteiger partial charge in [0, 0.05) is 0 Å². The molecule has 0 N–H and O–H groups in total. The fourth-order valence-corrected chi connectivity index (χ4v) is 1.37. The Morgan fingerprint density at radius 2 is 1.67 bits per heavy atom. The van der Waals surface area contributed by atoms with Crippen molar-refractivity contribution in [3.8, 4) is 0 Å². The van der Waals surface area contributed by atoms with E-state index >= 15 is 0 Å². The third kappa shape index (κ3) is 8.06. The minimum atomic E-state index is 0.507. The molecule has 0 aliphatic carbocycles. The van der Waals surface area contributed by atoms with Gasteiger partial charge in [-0.05, 0) is 44.8 Å². The lowest BCUT2D eigenvalue weighted by Crippen LogP contribution is -2.21. The van der Waals surface area contributed by atoms with Crippen LogP contribution < -0.4 is 0 Å². The fourth-order valence-electron chi connectivity index (χ4n) is 1.37. The molecule has 12 heavy (non-hydrogen) atoms. The second-order valence-corrected chi connectivity index (χ2v) is 4.97. The second-order valence-electron chi connectivity index (χ2n) is 4.97. The molecule has 0 aromatic heterocycles. The molecule has 0 aromatic rings. The van der Waals surface area contributed by atoms with E-state index in [4.69, 9.17) is 0 Å². The quantitative estimate of drug-likeness (QED) is 0.614. The van der Waals surface area contributed by atoms with Crippen LogP contribution in [0.4, 0.5) is 0 Å². The molecule has 0 aromatic carbocycles. The molecule has 0 aliphatic rings. The molecule has 0 bridgehead atoms. The van der Waals surface area contributed by atoms with E-state index in [0.717, 1.165) is 0 Å². The van der Waals surface area contributed by atoms with E-state index in [-0.39, 0.29) is 0 Å². The van der Waals surface area contributed by atoms with Crippen molar-refractivity contribution >= 4 is 0 Å². The third-order valence-corrected chi connectivity index (χ3v) is 2.07. The zero-order valence-electron chi connectivity index (χ0n) is 9.48. The summed E-state index contributed by atoms with van der Waals surface area (Å²) < 4.78 is 0. The lowest BCUT2D eigenvalue weighted by Gasteiger charge is -2.21. The predicted octanol–water partition coefficient (Wildman–Crippen LogP) is 3.15. The molecular formula is C11H25N. The molecule has 0 spiro atoms. The zero-order chi connectivity index (χ0) is 9.61. The van der Waals surface area contributed by atoms with Crippen molar-refractivity contribution in [3.63, 3.8) is 0 Å². The fraction of sp³-hybridized carbons (Fsp3) is 1.00. The SMILES string of the molecule is CCCN(C)CCCC(C)(C)C. The maximum Gasteiger partial charge on any atom is -0.00216 e. The highest BCUT2D eigenvalue weighted by Gasteiger charge is 2.09. The third-order valence-electron chi connectivity index (χ3n) is 2.07. The van der Waals surface area contributed by atoms with Gasteiger partial charge in [0.25, 0.3) is 0 Å². The number of nitrogens with zero attached hydrogens (tertiary/aromatic N) is 1. The first kappa shape index (κ1) is 12.0. The van der Waals surface area contributed by atoms with Gasteiger partial charge in [-0.3, -0.25) is 0 Å². The maximum absolute atomic E-state index is 2.42. The van der Waals surface area contributed by atoms with Gasteiger partial charge >= 0.3 is 0 Å². The summed E-state index contributed by atoms with van der Waals surface area (Å²) >= 11 is 0. The van der Waals surface area contributed by atoms with Gasteiger partial charge in [-0.1, -0.05) is 27.7 Å². The highest BCUT2D eigenvalue weighted by molar-refractivity contribution is 4.62. The van der Waals surface area contributed by atoms with Gasteiger partial charge in [-0.2, -0.15) is 0 Å². The van der Waals surface area contributed by atoms with Gasteiger partial charge in [0.2, 0.25) is 0 Å². The lowest BCUT2D eigenvalue weighted by molar-refractivity contribution is 0.288. The lowest BCUT2D eigenvalue weighted by atomic mass is 9.90. The van der Waals surface area contributed by atoms with Crippen molar-refractivity contribution < 1.29 is 0 Å². The van der Waals surface area contributed by atoms with Gasteiger partial charge in [0.15, 0.2) is 0 Å². The molecule has 1 heteroatoms. The van der Waals surface area contributed by atoms with Crippen LogP contribution in [-0.2, 0) is 0 Å². The number of hydrogen-bond acceptors (Lipinski definition) is 1. The van der Waals surface area contributed by atoms with Gasteiger partial charge in [0.05, 0.1) is 0 Å². The molecule has 0 unspecified atom stereocenters. The average Bonchev–Trinajstić information content (AvgIpc) is 1.84. The van der Waals surface area contributed by atoms with Crippen LogP contribution in [0.2, 0.25) is 0 Å². The van der Waals surface area contributed by atoms with Crippen LogP contribution in [0.3, 0.4) is 0 Å². The Hall–Kier alpha value is -0.0400. The van der Waals surface area contributed by atoms with Crippen molar-refractivity contribution in [2.75, 3.05) is 20.1 Å². The van der Waals surface area contributed by atoms with Crippen molar-refractivity contribution in [1.82, 2.24) is 4.90 Å². The molecule has 0 saturated carbocycles. The summed E-state index contributed by atoms with van der Waals surface area (Å²) in [7, 11) is 2.21. The molecule has 0 heterocycles. The Kier molecular flexibility index (Phi) is 5.56. The summed E-state index contributed by atoms with van der Waals surface area (Å²) in [5, 5.41) is 0. The smallest absolute Gasteiger partial charge is 0.00216 e. The standard InChI is InChI=1S/C11H25N/c1-6-9-12(5)10-7-8-11(2,3)4/h6-10H2,1-5H3. The topological polar surface area (TPSA) is 3.24 Å². The summed E-state index contributed by atoms with van der Waals surface area (Å²) in [6, 6.07) is 0.